The number of nitrogens with one attached hydrogen (secondary N) is 1. The Morgan fingerprint density at radius 2 is 2.21 bits per heavy atom. The van der Waals surface area contributed by atoms with Crippen molar-refractivity contribution in [2.24, 2.45) is 4.99 Å². The topological polar surface area (TPSA) is 41.5 Å². The van der Waals surface area contributed by atoms with Crippen LogP contribution in [0.5, 0.6) is 0 Å². The Hall–Kier alpha value is -1.36. The van der Waals surface area contributed by atoms with Gasteiger partial charge in [-0.05, 0) is 12.1 Å². The van der Waals surface area contributed by atoms with E-state index in [-0.39, 0.29) is 11.7 Å². The summed E-state index contributed by atoms with van der Waals surface area (Å²) >= 11 is 1.28. The van der Waals surface area contributed by atoms with Crippen molar-refractivity contribution < 1.29 is 9.18 Å². The highest BCUT2D eigenvalue weighted by molar-refractivity contribution is 8.15. The van der Waals surface area contributed by atoms with Gasteiger partial charge in [-0.1, -0.05) is 23.9 Å². The number of amidine groups is 1. The molecule has 1 heterocycles. The zero-order valence-corrected chi connectivity index (χ0v) is 7.97. The fourth-order valence-electron chi connectivity index (χ4n) is 1.05. The molecule has 0 saturated carbocycles. The van der Waals surface area contributed by atoms with Gasteiger partial charge in [0, 0.05) is 0 Å². The van der Waals surface area contributed by atoms with Crippen LogP contribution in [0.3, 0.4) is 0 Å². The van der Waals surface area contributed by atoms with Crippen molar-refractivity contribution in [2.75, 3.05) is 11.1 Å². The van der Waals surface area contributed by atoms with Gasteiger partial charge in [0.1, 0.15) is 5.82 Å². The number of rotatable bonds is 1. The Labute approximate surface area is 84.4 Å². The quantitative estimate of drug-likeness (QED) is 0.769. The van der Waals surface area contributed by atoms with Crippen molar-refractivity contribution in [3.05, 3.63) is 30.1 Å². The molecule has 0 fully saturated rings. The number of thioether (sulfide) groups is 1. The number of aliphatic imine (C=N–C) groups is 1. The molecule has 1 aromatic carbocycles. The van der Waals surface area contributed by atoms with Crippen LogP contribution in [0.4, 0.5) is 10.1 Å². The summed E-state index contributed by atoms with van der Waals surface area (Å²) in [4.78, 5) is 14.5. The number of carbonyl (C=O) groups excluding carboxylic acids is 1. The van der Waals surface area contributed by atoms with E-state index in [4.69, 9.17) is 0 Å². The van der Waals surface area contributed by atoms with Crippen LogP contribution >= 0.6 is 11.8 Å². The van der Waals surface area contributed by atoms with Crippen molar-refractivity contribution in [1.29, 1.82) is 0 Å². The third-order valence-electron chi connectivity index (χ3n) is 1.67. The van der Waals surface area contributed by atoms with E-state index < -0.39 is 0 Å². The van der Waals surface area contributed by atoms with Crippen LogP contribution in [-0.2, 0) is 4.79 Å². The lowest BCUT2D eigenvalue weighted by Crippen LogP contribution is -2.06. The largest absolute Gasteiger partial charge is 0.332 e. The van der Waals surface area contributed by atoms with E-state index in [9.17, 15) is 9.18 Å². The number of benzene rings is 1. The highest BCUT2D eigenvalue weighted by Gasteiger charge is 2.15. The van der Waals surface area contributed by atoms with Gasteiger partial charge in [0.15, 0.2) is 5.17 Å². The highest BCUT2D eigenvalue weighted by atomic mass is 32.2. The minimum atomic E-state index is -0.352. The highest BCUT2D eigenvalue weighted by Crippen LogP contribution is 2.18. The van der Waals surface area contributed by atoms with Crippen LogP contribution in [-0.4, -0.2) is 16.8 Å². The minimum absolute atomic E-state index is 0.186. The molecule has 0 aliphatic carbocycles. The predicted octanol–water partition coefficient (Wildman–Crippen LogP) is 1.87. The van der Waals surface area contributed by atoms with E-state index in [1.807, 2.05) is 0 Å². The van der Waals surface area contributed by atoms with Crippen molar-refractivity contribution >= 4 is 28.5 Å². The fourth-order valence-corrected chi connectivity index (χ4v) is 1.72. The second-order valence-corrected chi connectivity index (χ2v) is 3.67. The molecule has 14 heavy (non-hydrogen) atoms. The molecule has 0 unspecified atom stereocenters. The summed E-state index contributed by atoms with van der Waals surface area (Å²) < 4.78 is 13.1. The van der Waals surface area contributed by atoms with Gasteiger partial charge in [0.2, 0.25) is 0 Å². The summed E-state index contributed by atoms with van der Waals surface area (Å²) in [7, 11) is 0. The average molecular weight is 210 g/mol. The molecule has 3 nitrogen and oxygen atoms in total. The van der Waals surface area contributed by atoms with Crippen LogP contribution < -0.4 is 5.32 Å². The van der Waals surface area contributed by atoms with Gasteiger partial charge in [-0.15, -0.1) is 0 Å². The summed E-state index contributed by atoms with van der Waals surface area (Å²) in [6.07, 6.45) is 0. The van der Waals surface area contributed by atoms with Gasteiger partial charge >= 0.3 is 0 Å². The summed E-state index contributed by atoms with van der Waals surface area (Å²) in [5.41, 5.74) is 0.341. The third kappa shape index (κ3) is 1.93. The van der Waals surface area contributed by atoms with Crippen molar-refractivity contribution in [2.45, 2.75) is 0 Å². The van der Waals surface area contributed by atoms with Gasteiger partial charge in [-0.2, -0.15) is 4.99 Å². The Morgan fingerprint density at radius 3 is 2.86 bits per heavy atom. The Bertz CT molecular complexity index is 406. The molecule has 5 heteroatoms. The molecule has 1 aliphatic rings. The fraction of sp³-hybridized carbons (Fsp3) is 0.111. The summed E-state index contributed by atoms with van der Waals surface area (Å²) in [5, 5.41) is 3.22. The van der Waals surface area contributed by atoms with Crippen molar-refractivity contribution in [3.8, 4) is 0 Å². The molecular weight excluding hydrogens is 203 g/mol. The number of carbonyl (C=O) groups is 1. The normalized spacial score (nSPS) is 15.5. The first kappa shape index (κ1) is 9.21. The maximum absolute atomic E-state index is 13.1. The van der Waals surface area contributed by atoms with Crippen molar-refractivity contribution in [1.82, 2.24) is 0 Å². The molecular formula is C9H7FN2OS. The maximum Gasteiger partial charge on any atom is 0.258 e. The number of nitrogens with zero attached hydrogens (tertiary/aromatic N) is 1. The molecule has 1 aliphatic heterocycles. The molecule has 0 bridgehead atoms. The number of halogens is 1. The van der Waals surface area contributed by atoms with Gasteiger partial charge in [-0.3, -0.25) is 4.79 Å². The average Bonchev–Trinajstić information content (AvgIpc) is 2.56. The van der Waals surface area contributed by atoms with E-state index in [1.165, 1.54) is 17.8 Å². The smallest absolute Gasteiger partial charge is 0.258 e. The lowest BCUT2D eigenvalue weighted by atomic mass is 10.3. The molecule has 0 radical (unpaired) electrons. The molecule has 72 valence electrons. The zero-order chi connectivity index (χ0) is 9.97. The lowest BCUT2D eigenvalue weighted by molar-refractivity contribution is -0.115. The molecule has 0 atom stereocenters. The van der Waals surface area contributed by atoms with E-state index in [1.54, 1.807) is 18.2 Å². The molecule has 1 aromatic rings. The molecule has 1 N–H and O–H groups in total. The van der Waals surface area contributed by atoms with Crippen LogP contribution in [0.2, 0.25) is 0 Å². The van der Waals surface area contributed by atoms with Gasteiger partial charge in [0.25, 0.3) is 5.91 Å². The number of hydrogen-bond donors (Lipinski definition) is 1. The second kappa shape index (κ2) is 3.79. The van der Waals surface area contributed by atoms with Gasteiger partial charge < -0.3 is 5.32 Å². The third-order valence-corrected chi connectivity index (χ3v) is 2.53. The lowest BCUT2D eigenvalue weighted by Gasteiger charge is -2.04. The van der Waals surface area contributed by atoms with Gasteiger partial charge in [-0.25, -0.2) is 4.39 Å². The SMILES string of the molecule is O=C1CSC(Nc2ccccc2F)=N1. The second-order valence-electron chi connectivity index (χ2n) is 2.70. The van der Waals surface area contributed by atoms with Crippen LogP contribution in [0.15, 0.2) is 29.3 Å². The number of amides is 1. The monoisotopic (exact) mass is 210 g/mol. The zero-order valence-electron chi connectivity index (χ0n) is 7.16. The Morgan fingerprint density at radius 1 is 1.43 bits per heavy atom. The summed E-state index contributed by atoms with van der Waals surface area (Å²) in [6.45, 7) is 0. The maximum atomic E-state index is 13.1. The number of anilines is 1. The van der Waals surface area contributed by atoms with E-state index >= 15 is 0 Å². The molecule has 1 amide bonds. The molecule has 2 rings (SSSR count). The Kier molecular flexibility index (Phi) is 2.49. The first-order valence-corrected chi connectivity index (χ1v) is 5.00. The van der Waals surface area contributed by atoms with E-state index in [0.29, 0.717) is 16.6 Å². The summed E-state index contributed by atoms with van der Waals surface area (Å²) in [6, 6.07) is 6.27. The number of para-hydroxylation sites is 1. The molecule has 0 saturated heterocycles. The van der Waals surface area contributed by atoms with Crippen LogP contribution in [0.1, 0.15) is 0 Å². The van der Waals surface area contributed by atoms with E-state index in [0.717, 1.165) is 0 Å². The Balaban J connectivity index is 2.15. The molecule has 0 spiro atoms. The van der Waals surface area contributed by atoms with Crippen LogP contribution in [0.25, 0.3) is 0 Å². The minimum Gasteiger partial charge on any atom is -0.332 e. The predicted molar refractivity (Wildman–Crippen MR) is 54.9 cm³/mol. The van der Waals surface area contributed by atoms with Gasteiger partial charge in [0.05, 0.1) is 11.4 Å². The van der Waals surface area contributed by atoms with E-state index in [2.05, 4.69) is 10.3 Å². The van der Waals surface area contributed by atoms with Crippen molar-refractivity contribution in [3.63, 3.8) is 0 Å². The first-order valence-electron chi connectivity index (χ1n) is 4.01. The number of hydrogen-bond acceptors (Lipinski definition) is 3. The summed E-state index contributed by atoms with van der Waals surface area (Å²) in [5.74, 6) is -0.208. The molecule has 0 aromatic heterocycles. The van der Waals surface area contributed by atoms with Crippen LogP contribution in [0, 0.1) is 5.82 Å². The standard InChI is InChI=1S/C9H7FN2OS/c10-6-3-1-2-4-7(6)11-9-12-8(13)5-14-9/h1-4H,5H2,(H,11,12,13). The first-order chi connectivity index (χ1) is 6.75.